The highest BCUT2D eigenvalue weighted by Gasteiger charge is 2.11. The number of nitrogens with one attached hydrogen (secondary N) is 1. The molecule has 0 unspecified atom stereocenters. The molecule has 0 amide bonds. The van der Waals surface area contributed by atoms with Gasteiger partial charge in [0.25, 0.3) is 5.69 Å². The van der Waals surface area contributed by atoms with Crippen molar-refractivity contribution in [1.82, 2.24) is 4.90 Å². The molecule has 0 aliphatic carbocycles. The Morgan fingerprint density at radius 2 is 1.87 bits per heavy atom. The summed E-state index contributed by atoms with van der Waals surface area (Å²) in [6, 6.07) is 8.21. The maximum Gasteiger partial charge on any atom is 0.272 e. The summed E-state index contributed by atoms with van der Waals surface area (Å²) in [4.78, 5) is 11.8. The van der Waals surface area contributed by atoms with E-state index in [0.29, 0.717) is 17.7 Å². The average Bonchev–Trinajstić information content (AvgIpc) is 2.48. The van der Waals surface area contributed by atoms with Crippen molar-refractivity contribution in [3.63, 3.8) is 0 Å². The van der Waals surface area contributed by atoms with Crippen LogP contribution in [0.25, 0.3) is 0 Å². The van der Waals surface area contributed by atoms with Gasteiger partial charge in [0, 0.05) is 24.7 Å². The van der Waals surface area contributed by atoms with Crippen molar-refractivity contribution in [1.29, 1.82) is 0 Å². The summed E-state index contributed by atoms with van der Waals surface area (Å²) in [5.41, 5.74) is 1.06. The van der Waals surface area contributed by atoms with E-state index in [2.05, 4.69) is 5.32 Å². The third-order valence-electron chi connectivity index (χ3n) is 3.25. The van der Waals surface area contributed by atoms with Crippen LogP contribution in [0.15, 0.2) is 36.4 Å². The van der Waals surface area contributed by atoms with Gasteiger partial charge < -0.3 is 10.2 Å². The number of hydrogen-bond donors (Lipinski definition) is 1. The lowest BCUT2D eigenvalue weighted by molar-refractivity contribution is -0.385. The molecule has 5 nitrogen and oxygen atoms in total. The quantitative estimate of drug-likeness (QED) is 0.653. The summed E-state index contributed by atoms with van der Waals surface area (Å²) in [5, 5.41) is 13.4. The predicted molar refractivity (Wildman–Crippen MR) is 84.2 cm³/mol. The molecule has 0 radical (unpaired) electrons. The number of non-ortho nitro benzene ring substituents is 1. The van der Waals surface area contributed by atoms with E-state index < -0.39 is 10.7 Å². The highest BCUT2D eigenvalue weighted by Crippen LogP contribution is 2.21. The van der Waals surface area contributed by atoms with Crippen LogP contribution >= 0.6 is 0 Å². The van der Waals surface area contributed by atoms with E-state index in [0.717, 1.165) is 6.07 Å². The summed E-state index contributed by atoms with van der Waals surface area (Å²) in [6.45, 7) is 0.713. The molecule has 122 valence electrons. The Kier molecular flexibility index (Phi) is 5.23. The zero-order chi connectivity index (χ0) is 17.0. The SMILES string of the molecule is CN(C)Cc1ccc(CNc2ccc([N+](=O)[O-])cc2F)cc1F. The Labute approximate surface area is 132 Å². The minimum atomic E-state index is -0.719. The minimum Gasteiger partial charge on any atom is -0.379 e. The van der Waals surface area contributed by atoms with Crippen molar-refractivity contribution in [2.45, 2.75) is 13.1 Å². The van der Waals surface area contributed by atoms with E-state index in [9.17, 15) is 18.9 Å². The van der Waals surface area contributed by atoms with E-state index in [-0.39, 0.29) is 23.7 Å². The van der Waals surface area contributed by atoms with Crippen LogP contribution in [0.3, 0.4) is 0 Å². The molecule has 0 aliphatic rings. The van der Waals surface area contributed by atoms with Gasteiger partial charge in [-0.2, -0.15) is 0 Å². The molecule has 23 heavy (non-hydrogen) atoms. The molecule has 2 rings (SSSR count). The minimum absolute atomic E-state index is 0.133. The highest BCUT2D eigenvalue weighted by atomic mass is 19.1. The normalized spacial score (nSPS) is 10.8. The van der Waals surface area contributed by atoms with E-state index in [1.807, 2.05) is 19.0 Å². The molecule has 0 heterocycles. The van der Waals surface area contributed by atoms with Crippen LogP contribution in [-0.2, 0) is 13.1 Å². The van der Waals surface area contributed by atoms with Gasteiger partial charge in [0.1, 0.15) is 5.82 Å². The standard InChI is InChI=1S/C16H17F2N3O2/c1-20(2)10-12-4-3-11(7-14(12)17)9-19-16-6-5-13(21(22)23)8-15(16)18/h3-8,19H,9-10H2,1-2H3. The lowest BCUT2D eigenvalue weighted by atomic mass is 10.1. The molecule has 7 heteroatoms. The first kappa shape index (κ1) is 16.8. The molecule has 0 saturated carbocycles. The first-order valence-electron chi connectivity index (χ1n) is 6.96. The van der Waals surface area contributed by atoms with Crippen molar-refractivity contribution >= 4 is 11.4 Å². The topological polar surface area (TPSA) is 58.4 Å². The molecule has 0 atom stereocenters. The molecule has 0 aliphatic heterocycles. The third kappa shape index (κ3) is 4.46. The second-order valence-electron chi connectivity index (χ2n) is 5.44. The summed E-state index contributed by atoms with van der Waals surface area (Å²) < 4.78 is 27.7. The van der Waals surface area contributed by atoms with Crippen molar-refractivity contribution in [2.75, 3.05) is 19.4 Å². The van der Waals surface area contributed by atoms with Gasteiger partial charge >= 0.3 is 0 Å². The molecule has 0 saturated heterocycles. The largest absolute Gasteiger partial charge is 0.379 e. The zero-order valence-electron chi connectivity index (χ0n) is 12.8. The van der Waals surface area contributed by atoms with Crippen LogP contribution in [0.5, 0.6) is 0 Å². The number of benzene rings is 2. The second-order valence-corrected chi connectivity index (χ2v) is 5.44. The molecule has 0 bridgehead atoms. The molecule has 0 spiro atoms. The first-order valence-corrected chi connectivity index (χ1v) is 6.96. The average molecular weight is 321 g/mol. The molecular formula is C16H17F2N3O2. The third-order valence-corrected chi connectivity index (χ3v) is 3.25. The molecule has 1 N–H and O–H groups in total. The zero-order valence-corrected chi connectivity index (χ0v) is 12.8. The lowest BCUT2D eigenvalue weighted by Gasteiger charge is -2.12. The monoisotopic (exact) mass is 321 g/mol. The molecule has 0 fully saturated rings. The summed E-state index contributed by atoms with van der Waals surface area (Å²) in [5.74, 6) is -1.04. The number of rotatable bonds is 6. The van der Waals surface area contributed by atoms with Crippen LogP contribution in [0.2, 0.25) is 0 Å². The van der Waals surface area contributed by atoms with Gasteiger partial charge in [-0.05, 0) is 31.8 Å². The molecule has 2 aromatic carbocycles. The Morgan fingerprint density at radius 3 is 2.43 bits per heavy atom. The van der Waals surface area contributed by atoms with Crippen molar-refractivity contribution in [3.05, 3.63) is 69.3 Å². The molecule has 2 aromatic rings. The van der Waals surface area contributed by atoms with E-state index in [4.69, 9.17) is 0 Å². The van der Waals surface area contributed by atoms with Gasteiger partial charge in [-0.15, -0.1) is 0 Å². The molecular weight excluding hydrogens is 304 g/mol. The molecule has 0 aromatic heterocycles. The fraction of sp³-hybridized carbons (Fsp3) is 0.250. The van der Waals surface area contributed by atoms with E-state index in [1.165, 1.54) is 18.2 Å². The summed E-state index contributed by atoms with van der Waals surface area (Å²) in [6.07, 6.45) is 0. The number of nitrogens with zero attached hydrogens (tertiary/aromatic N) is 2. The maximum atomic E-state index is 14.0. The number of anilines is 1. The first-order chi connectivity index (χ1) is 10.9. The lowest BCUT2D eigenvalue weighted by Crippen LogP contribution is -2.12. The number of halogens is 2. The van der Waals surface area contributed by atoms with Crippen LogP contribution < -0.4 is 5.32 Å². The number of hydrogen-bond acceptors (Lipinski definition) is 4. The maximum absolute atomic E-state index is 14.0. The number of nitro benzene ring substituents is 1. The second kappa shape index (κ2) is 7.15. The van der Waals surface area contributed by atoms with Crippen molar-refractivity contribution < 1.29 is 13.7 Å². The van der Waals surface area contributed by atoms with Gasteiger partial charge in [-0.3, -0.25) is 10.1 Å². The van der Waals surface area contributed by atoms with E-state index >= 15 is 0 Å². The Bertz CT molecular complexity index is 720. The smallest absolute Gasteiger partial charge is 0.272 e. The Morgan fingerprint density at radius 1 is 1.13 bits per heavy atom. The van der Waals surface area contributed by atoms with Crippen LogP contribution in [0, 0.1) is 21.7 Å². The predicted octanol–water partition coefficient (Wildman–Crippen LogP) is 3.55. The fourth-order valence-corrected chi connectivity index (χ4v) is 2.13. The van der Waals surface area contributed by atoms with E-state index in [1.54, 1.807) is 12.1 Å². The summed E-state index contributed by atoms with van der Waals surface area (Å²) in [7, 11) is 3.71. The Balaban J connectivity index is 2.06. The van der Waals surface area contributed by atoms with Crippen molar-refractivity contribution in [2.24, 2.45) is 0 Å². The highest BCUT2D eigenvalue weighted by molar-refractivity contribution is 5.50. The number of nitro groups is 1. The van der Waals surface area contributed by atoms with Crippen LogP contribution in [-0.4, -0.2) is 23.9 Å². The van der Waals surface area contributed by atoms with Crippen LogP contribution in [0.1, 0.15) is 11.1 Å². The van der Waals surface area contributed by atoms with Gasteiger partial charge in [0.15, 0.2) is 5.82 Å². The fourth-order valence-electron chi connectivity index (χ4n) is 2.13. The Hall–Kier alpha value is -2.54. The van der Waals surface area contributed by atoms with Crippen molar-refractivity contribution in [3.8, 4) is 0 Å². The van der Waals surface area contributed by atoms with Gasteiger partial charge in [-0.25, -0.2) is 8.78 Å². The summed E-state index contributed by atoms with van der Waals surface area (Å²) >= 11 is 0. The van der Waals surface area contributed by atoms with Crippen LogP contribution in [0.4, 0.5) is 20.2 Å². The van der Waals surface area contributed by atoms with Gasteiger partial charge in [0.2, 0.25) is 0 Å². The van der Waals surface area contributed by atoms with Gasteiger partial charge in [0.05, 0.1) is 16.7 Å². The van der Waals surface area contributed by atoms with Gasteiger partial charge in [-0.1, -0.05) is 12.1 Å².